The minimum atomic E-state index is -0.498. The molecule has 0 fully saturated rings. The van der Waals surface area contributed by atoms with E-state index in [-0.39, 0.29) is 24.5 Å². The number of aryl methyl sites for hydroxylation is 2. The van der Waals surface area contributed by atoms with Crippen molar-refractivity contribution in [3.63, 3.8) is 0 Å². The SMILES string of the molecule is Cc1noc(C)c1NC(=O)Nc1ccc2c(c1)C(=O)N([C@H](C)CO)C[C@H](C)[C@@H](CN(C)Cc1ccc(Oc3ccccc3)cc1)O2. The maximum Gasteiger partial charge on any atom is 0.323 e. The van der Waals surface area contributed by atoms with E-state index in [1.165, 1.54) is 0 Å². The molecule has 3 N–H and O–H groups in total. The van der Waals surface area contributed by atoms with E-state index in [0.717, 1.165) is 17.1 Å². The Morgan fingerprint density at radius 2 is 1.80 bits per heavy atom. The Morgan fingerprint density at radius 1 is 1.09 bits per heavy atom. The summed E-state index contributed by atoms with van der Waals surface area (Å²) in [6, 6.07) is 21.8. The Bertz CT molecular complexity index is 1620. The van der Waals surface area contributed by atoms with E-state index < -0.39 is 12.1 Å². The zero-order valence-corrected chi connectivity index (χ0v) is 26.8. The lowest BCUT2D eigenvalue weighted by Gasteiger charge is -2.38. The second-order valence-corrected chi connectivity index (χ2v) is 11.9. The number of urea groups is 1. The number of nitrogens with one attached hydrogen (secondary N) is 2. The lowest BCUT2D eigenvalue weighted by Crippen LogP contribution is -2.49. The van der Waals surface area contributed by atoms with Crippen molar-refractivity contribution in [2.45, 2.75) is 46.4 Å². The van der Waals surface area contributed by atoms with Gasteiger partial charge in [-0.1, -0.05) is 42.4 Å². The molecule has 2 heterocycles. The number of likely N-dealkylation sites (N-methyl/N-ethyl adjacent to an activating group) is 1. The standard InChI is InChI=1S/C35H41N5O6/c1-22-18-40(23(2)21-41)34(42)30-17-27(36-35(43)37-33-24(3)38-46-25(33)4)13-16-31(30)45-32(22)20-39(5)19-26-11-14-29(15-12-26)44-28-9-7-6-8-10-28/h6-17,22-23,32,41H,18-21H2,1-5H3,(H2,36,37,43)/t22-,23+,32+/m0/s1. The summed E-state index contributed by atoms with van der Waals surface area (Å²) in [5.41, 5.74) is 2.89. The van der Waals surface area contributed by atoms with E-state index in [0.29, 0.717) is 53.8 Å². The number of aromatic nitrogens is 1. The Kier molecular flexibility index (Phi) is 10.2. The summed E-state index contributed by atoms with van der Waals surface area (Å²) in [5, 5.41) is 19.4. The molecule has 4 aromatic rings. The highest BCUT2D eigenvalue weighted by Gasteiger charge is 2.33. The normalized spacial score (nSPS) is 17.0. The van der Waals surface area contributed by atoms with Crippen molar-refractivity contribution in [1.82, 2.24) is 15.0 Å². The molecule has 242 valence electrons. The predicted octanol–water partition coefficient (Wildman–Crippen LogP) is 6.08. The molecule has 0 aliphatic carbocycles. The van der Waals surface area contributed by atoms with Gasteiger partial charge >= 0.3 is 6.03 Å². The molecular formula is C35H41N5O6. The summed E-state index contributed by atoms with van der Waals surface area (Å²) in [6.07, 6.45) is -0.257. The minimum Gasteiger partial charge on any atom is -0.488 e. The number of aliphatic hydroxyl groups excluding tert-OH is 1. The van der Waals surface area contributed by atoms with Crippen molar-refractivity contribution in [2.75, 3.05) is 37.4 Å². The van der Waals surface area contributed by atoms with Crippen molar-refractivity contribution in [1.29, 1.82) is 0 Å². The first kappa shape index (κ1) is 32.5. The van der Waals surface area contributed by atoms with E-state index in [9.17, 15) is 14.7 Å². The number of nitrogens with zero attached hydrogens (tertiary/aromatic N) is 3. The van der Waals surface area contributed by atoms with Gasteiger partial charge in [-0.2, -0.15) is 0 Å². The topological polar surface area (TPSA) is 129 Å². The highest BCUT2D eigenvalue weighted by molar-refractivity contribution is 6.03. The van der Waals surface area contributed by atoms with Crippen LogP contribution in [0.5, 0.6) is 17.2 Å². The molecule has 0 unspecified atom stereocenters. The number of fused-ring (bicyclic) bond motifs is 1. The van der Waals surface area contributed by atoms with Gasteiger partial charge in [0.15, 0.2) is 5.76 Å². The van der Waals surface area contributed by atoms with Gasteiger partial charge in [-0.05, 0) is 75.8 Å². The van der Waals surface area contributed by atoms with Crippen LogP contribution in [0.15, 0.2) is 77.3 Å². The third-order valence-corrected chi connectivity index (χ3v) is 8.04. The van der Waals surface area contributed by atoms with Crippen LogP contribution in [0.4, 0.5) is 16.2 Å². The van der Waals surface area contributed by atoms with Crippen LogP contribution in [0.25, 0.3) is 0 Å². The fourth-order valence-electron chi connectivity index (χ4n) is 5.43. The van der Waals surface area contributed by atoms with Crippen molar-refractivity contribution >= 4 is 23.3 Å². The molecule has 1 aromatic heterocycles. The second kappa shape index (κ2) is 14.5. The van der Waals surface area contributed by atoms with Gasteiger partial charge in [-0.15, -0.1) is 0 Å². The summed E-state index contributed by atoms with van der Waals surface area (Å²) in [4.78, 5) is 30.4. The number of amides is 3. The van der Waals surface area contributed by atoms with Crippen LogP contribution in [-0.2, 0) is 6.54 Å². The quantitative estimate of drug-likeness (QED) is 0.193. The summed E-state index contributed by atoms with van der Waals surface area (Å²) < 4.78 is 17.6. The number of carbonyl (C=O) groups is 2. The van der Waals surface area contributed by atoms with Gasteiger partial charge in [0.2, 0.25) is 0 Å². The van der Waals surface area contributed by atoms with Crippen LogP contribution >= 0.6 is 0 Å². The fourth-order valence-corrected chi connectivity index (χ4v) is 5.43. The van der Waals surface area contributed by atoms with E-state index in [4.69, 9.17) is 14.0 Å². The molecule has 3 aromatic carbocycles. The molecule has 3 atom stereocenters. The van der Waals surface area contributed by atoms with Gasteiger partial charge in [0.05, 0.1) is 18.2 Å². The number of ether oxygens (including phenoxy) is 2. The van der Waals surface area contributed by atoms with Crippen molar-refractivity contribution in [2.24, 2.45) is 5.92 Å². The first-order valence-corrected chi connectivity index (χ1v) is 15.3. The second-order valence-electron chi connectivity index (χ2n) is 11.9. The molecule has 5 rings (SSSR count). The molecule has 11 heteroatoms. The first-order valence-electron chi connectivity index (χ1n) is 15.3. The summed E-state index contributed by atoms with van der Waals surface area (Å²) in [7, 11) is 2.04. The molecule has 0 saturated heterocycles. The molecule has 46 heavy (non-hydrogen) atoms. The third kappa shape index (κ3) is 7.85. The number of hydrogen-bond acceptors (Lipinski definition) is 8. The summed E-state index contributed by atoms with van der Waals surface area (Å²) in [5.74, 6) is 2.15. The van der Waals surface area contributed by atoms with Crippen molar-refractivity contribution < 1.29 is 28.7 Å². The molecule has 11 nitrogen and oxygen atoms in total. The summed E-state index contributed by atoms with van der Waals surface area (Å²) in [6.45, 7) is 8.81. The van der Waals surface area contributed by atoms with Gasteiger partial charge < -0.3 is 34.6 Å². The molecule has 3 amide bonds. The number of carbonyl (C=O) groups excluding carboxylic acids is 2. The largest absolute Gasteiger partial charge is 0.488 e. The maximum atomic E-state index is 13.8. The van der Waals surface area contributed by atoms with Gasteiger partial charge in [-0.25, -0.2) is 4.79 Å². The molecule has 1 aliphatic rings. The number of benzene rings is 3. The van der Waals surface area contributed by atoms with Crippen LogP contribution in [0.3, 0.4) is 0 Å². The number of anilines is 2. The van der Waals surface area contributed by atoms with Gasteiger partial charge in [0.25, 0.3) is 5.91 Å². The Labute approximate surface area is 269 Å². The van der Waals surface area contributed by atoms with Gasteiger partial charge in [-0.3, -0.25) is 9.69 Å². The van der Waals surface area contributed by atoms with E-state index in [1.54, 1.807) is 36.9 Å². The predicted molar refractivity (Wildman–Crippen MR) is 176 cm³/mol. The van der Waals surface area contributed by atoms with E-state index >= 15 is 0 Å². The number of para-hydroxylation sites is 1. The first-order chi connectivity index (χ1) is 22.1. The lowest BCUT2D eigenvalue weighted by atomic mass is 9.99. The van der Waals surface area contributed by atoms with Crippen LogP contribution in [0, 0.1) is 19.8 Å². The van der Waals surface area contributed by atoms with Crippen LogP contribution in [0.2, 0.25) is 0 Å². The maximum absolute atomic E-state index is 13.8. The number of hydrogen-bond donors (Lipinski definition) is 3. The molecule has 0 saturated carbocycles. The fraction of sp³-hybridized carbons (Fsp3) is 0.343. The van der Waals surface area contributed by atoms with E-state index in [1.807, 2.05) is 68.6 Å². The number of aliphatic hydroxyl groups is 1. The van der Waals surface area contributed by atoms with Crippen LogP contribution in [-0.4, -0.2) is 70.9 Å². The van der Waals surface area contributed by atoms with Gasteiger partial charge in [0.1, 0.15) is 34.7 Å². The zero-order valence-electron chi connectivity index (χ0n) is 26.8. The molecule has 0 spiro atoms. The van der Waals surface area contributed by atoms with Crippen LogP contribution in [0.1, 0.15) is 41.2 Å². The molecule has 0 radical (unpaired) electrons. The highest BCUT2D eigenvalue weighted by atomic mass is 16.5. The third-order valence-electron chi connectivity index (χ3n) is 8.04. The Hall–Kier alpha value is -4.87. The van der Waals surface area contributed by atoms with Crippen molar-refractivity contribution in [3.8, 4) is 17.2 Å². The molecular weight excluding hydrogens is 586 g/mol. The Balaban J connectivity index is 1.30. The monoisotopic (exact) mass is 627 g/mol. The highest BCUT2D eigenvalue weighted by Crippen LogP contribution is 2.31. The van der Waals surface area contributed by atoms with E-state index in [2.05, 4.69) is 27.6 Å². The smallest absolute Gasteiger partial charge is 0.323 e. The molecule has 0 bridgehead atoms. The van der Waals surface area contributed by atoms with Gasteiger partial charge in [0, 0.05) is 31.2 Å². The average molecular weight is 628 g/mol. The van der Waals surface area contributed by atoms with Crippen molar-refractivity contribution in [3.05, 3.63) is 95.4 Å². The number of rotatable bonds is 10. The zero-order chi connectivity index (χ0) is 32.8. The van der Waals surface area contributed by atoms with Crippen LogP contribution < -0.4 is 20.1 Å². The minimum absolute atomic E-state index is 0.0335. The lowest BCUT2D eigenvalue weighted by molar-refractivity contribution is 0.0341. The summed E-state index contributed by atoms with van der Waals surface area (Å²) >= 11 is 0. The Morgan fingerprint density at radius 3 is 2.48 bits per heavy atom. The average Bonchev–Trinajstić information content (AvgIpc) is 3.36. The molecule has 1 aliphatic heterocycles.